The molecule has 59 heavy (non-hydrogen) atoms. The summed E-state index contributed by atoms with van der Waals surface area (Å²) in [5, 5.41) is 15.2. The lowest BCUT2D eigenvalue weighted by Gasteiger charge is -2.21. The summed E-state index contributed by atoms with van der Waals surface area (Å²) in [6.07, 6.45) is 7.06. The highest BCUT2D eigenvalue weighted by Gasteiger charge is 2.30. The molecule has 0 saturated carbocycles. The number of benzene rings is 3. The van der Waals surface area contributed by atoms with Crippen molar-refractivity contribution in [2.75, 3.05) is 6.61 Å². The molecule has 1 heterocycles. The second-order valence-corrected chi connectivity index (χ2v) is 16.4. The zero-order chi connectivity index (χ0) is 42.8. The van der Waals surface area contributed by atoms with Crippen LogP contribution in [0.1, 0.15) is 110 Å². The number of carbonyl (C=O) groups excluding carboxylic acids is 3. The third kappa shape index (κ3) is 15.1. The lowest BCUT2D eigenvalue weighted by molar-refractivity contribution is -0.151. The van der Waals surface area contributed by atoms with Gasteiger partial charge in [0, 0.05) is 23.1 Å². The van der Waals surface area contributed by atoms with Crippen molar-refractivity contribution < 1.29 is 33.8 Å². The maximum absolute atomic E-state index is 13.8. The van der Waals surface area contributed by atoms with Crippen LogP contribution in [0.4, 0.5) is 0 Å². The fourth-order valence-electron chi connectivity index (χ4n) is 5.91. The first-order valence-electron chi connectivity index (χ1n) is 19.9. The van der Waals surface area contributed by atoms with Gasteiger partial charge in [-0.15, -0.1) is 11.3 Å². The molecule has 0 bridgehead atoms. The van der Waals surface area contributed by atoms with Gasteiger partial charge in [-0.25, -0.2) is 14.8 Å². The summed E-state index contributed by atoms with van der Waals surface area (Å²) < 4.78 is 11.2. The van der Waals surface area contributed by atoms with Crippen LogP contribution in [-0.4, -0.2) is 60.1 Å². The topological polar surface area (TPSA) is 156 Å². The number of nitrogens with one attached hydrogen (secondary N) is 2. The van der Waals surface area contributed by atoms with Crippen molar-refractivity contribution in [3.63, 3.8) is 0 Å². The van der Waals surface area contributed by atoms with Crippen molar-refractivity contribution in [1.29, 1.82) is 0 Å². The maximum atomic E-state index is 13.8. The summed E-state index contributed by atoms with van der Waals surface area (Å²) in [6, 6.07) is 24.8. The number of amides is 2. The van der Waals surface area contributed by atoms with Gasteiger partial charge in [-0.1, -0.05) is 120 Å². The number of unbranched alkanes of at least 4 members (excludes halogenated alkanes) is 4. The van der Waals surface area contributed by atoms with Crippen LogP contribution < -0.4 is 15.4 Å². The number of ether oxygens (including phenoxy) is 2. The van der Waals surface area contributed by atoms with E-state index in [2.05, 4.69) is 34.3 Å². The second-order valence-electron chi connectivity index (χ2n) is 15.3. The number of carboxylic acids is 1. The van der Waals surface area contributed by atoms with E-state index in [1.807, 2.05) is 64.1 Å². The summed E-state index contributed by atoms with van der Waals surface area (Å²) >= 11 is 1.32. The molecule has 2 atom stereocenters. The van der Waals surface area contributed by atoms with Gasteiger partial charge < -0.3 is 25.2 Å². The highest BCUT2D eigenvalue weighted by Crippen LogP contribution is 2.29. The van der Waals surface area contributed by atoms with E-state index >= 15 is 0 Å². The van der Waals surface area contributed by atoms with Crippen LogP contribution in [0.5, 0.6) is 5.75 Å². The van der Waals surface area contributed by atoms with E-state index in [1.165, 1.54) is 37.0 Å². The molecule has 3 aromatic carbocycles. The molecular weight excluding hydrogens is 765 g/mol. The predicted molar refractivity (Wildman–Crippen MR) is 235 cm³/mol. The molecule has 0 saturated heterocycles. The smallest absolute Gasteiger partial charge is 0.326 e. The summed E-state index contributed by atoms with van der Waals surface area (Å²) in [5.74, 6) is -2.25. The molecule has 0 radical (unpaired) electrons. The van der Waals surface area contributed by atoms with Crippen LogP contribution in [0.25, 0.3) is 5.57 Å². The molecule has 312 valence electrons. The Labute approximate surface area is 351 Å². The minimum Gasteiger partial charge on any atom is -0.494 e. The first-order valence-corrected chi connectivity index (χ1v) is 20.8. The lowest BCUT2D eigenvalue weighted by Crippen LogP contribution is -2.53. The van der Waals surface area contributed by atoms with Crippen LogP contribution in [-0.2, 0) is 37.6 Å². The number of hydrogen-bond donors (Lipinski definition) is 3. The van der Waals surface area contributed by atoms with E-state index in [4.69, 9.17) is 9.47 Å². The van der Waals surface area contributed by atoms with E-state index in [0.29, 0.717) is 28.4 Å². The van der Waals surface area contributed by atoms with Crippen LogP contribution in [0.2, 0.25) is 0 Å². The molecule has 0 unspecified atom stereocenters. The van der Waals surface area contributed by atoms with Gasteiger partial charge in [-0.3, -0.25) is 14.4 Å². The minimum atomic E-state index is -1.59. The fraction of sp³-hybridized carbons (Fsp3) is 0.362. The van der Waals surface area contributed by atoms with Gasteiger partial charge in [-0.2, -0.15) is 0 Å². The van der Waals surface area contributed by atoms with Crippen molar-refractivity contribution in [3.8, 4) is 5.75 Å². The molecule has 4 aromatic rings. The molecule has 11 nitrogen and oxygen atoms in total. The third-order valence-electron chi connectivity index (χ3n) is 9.43. The summed E-state index contributed by atoms with van der Waals surface area (Å²) in [6.45, 7) is 14.6. The number of aliphatic imine (C=N–C) groups is 2. The van der Waals surface area contributed by atoms with Gasteiger partial charge in [0.25, 0.3) is 5.91 Å². The highest BCUT2D eigenvalue weighted by atomic mass is 32.1. The maximum Gasteiger partial charge on any atom is 0.326 e. The van der Waals surface area contributed by atoms with Crippen molar-refractivity contribution in [1.82, 2.24) is 10.6 Å². The fourth-order valence-corrected chi connectivity index (χ4v) is 6.88. The predicted octanol–water partition coefficient (Wildman–Crippen LogP) is 8.95. The Bertz CT molecular complexity index is 2070. The number of carboxylic acid groups (broad SMARTS) is 1. The zero-order valence-electron chi connectivity index (χ0n) is 34.7. The Balaban J connectivity index is 1.46. The third-order valence-corrected chi connectivity index (χ3v) is 10.9. The summed E-state index contributed by atoms with van der Waals surface area (Å²) in [5.41, 5.74) is 3.80. The van der Waals surface area contributed by atoms with Crippen LogP contribution in [0.3, 0.4) is 0 Å². The first-order chi connectivity index (χ1) is 28.3. The van der Waals surface area contributed by atoms with Gasteiger partial charge in [0.2, 0.25) is 5.91 Å². The Morgan fingerprint density at radius 2 is 1.51 bits per heavy atom. The van der Waals surface area contributed by atoms with Gasteiger partial charge >= 0.3 is 11.9 Å². The van der Waals surface area contributed by atoms with E-state index in [9.17, 15) is 24.3 Å². The monoisotopic (exact) mass is 820 g/mol. The molecule has 0 aliphatic rings. The Hall–Kier alpha value is -5.88. The van der Waals surface area contributed by atoms with Crippen LogP contribution in [0, 0.1) is 0 Å². The molecule has 3 N–H and O–H groups in total. The number of thiophene rings is 1. The molecule has 0 aliphatic carbocycles. The molecule has 2 amide bonds. The Morgan fingerprint density at radius 3 is 2.14 bits per heavy atom. The minimum absolute atomic E-state index is 0.0196. The summed E-state index contributed by atoms with van der Waals surface area (Å²) in [4.78, 5) is 62.2. The van der Waals surface area contributed by atoms with Crippen molar-refractivity contribution in [2.24, 2.45) is 9.98 Å². The van der Waals surface area contributed by atoms with Gasteiger partial charge in [-0.05, 0) is 72.0 Å². The number of esters is 1. The first kappa shape index (κ1) is 45.8. The normalized spacial score (nSPS) is 12.9. The standard InChI is InChI=1S/C47H56N4O7S/c1-7-8-9-10-14-27-57-37-23-21-35(22-24-37)32(2)30-49-43(48-6)36-19-17-33(18-20-36)28-38(50-45(54)40-25-26-41(59-40)47(3,4)5)44(53)51-39(46(55)56)29-42(52)58-31-34-15-12-11-13-16-34/h11-13,15-26,30,38-39H,6-10,14,27-29,31H2,1-5H3,(H,50,54)(H,51,53)(H,55,56)/b32-30+,49-43?/t38-,39-/m0/s1. The number of nitrogens with zero attached hydrogens (tertiary/aromatic N) is 2. The number of hydrogen-bond acceptors (Lipinski definition) is 8. The molecule has 12 heteroatoms. The number of allylic oxidation sites excluding steroid dienone is 1. The molecule has 0 aliphatic heterocycles. The van der Waals surface area contributed by atoms with Gasteiger partial charge in [0.05, 0.1) is 17.9 Å². The van der Waals surface area contributed by atoms with Gasteiger partial charge in [0.1, 0.15) is 24.4 Å². The van der Waals surface area contributed by atoms with E-state index in [0.717, 1.165) is 33.7 Å². The van der Waals surface area contributed by atoms with Crippen molar-refractivity contribution in [2.45, 2.75) is 104 Å². The molecular formula is C47H56N4O7S. The number of carbonyl (C=O) groups is 4. The van der Waals surface area contributed by atoms with Crippen molar-refractivity contribution >= 4 is 53.2 Å². The molecule has 0 spiro atoms. The number of amidine groups is 1. The Kier molecular flexibility index (Phi) is 17.8. The molecule has 4 rings (SSSR count). The number of rotatable bonds is 21. The quantitative estimate of drug-likeness (QED) is 0.0328. The summed E-state index contributed by atoms with van der Waals surface area (Å²) in [7, 11) is 0. The molecule has 1 aromatic heterocycles. The SMILES string of the molecule is C=NC(=N/C=C(\C)c1ccc(OCCCCCCC)cc1)c1ccc(C[C@H](NC(=O)c2ccc(C(C)(C)C)s2)C(=O)N[C@@H](CC(=O)OCc2ccccc2)C(=O)O)cc1. The zero-order valence-corrected chi connectivity index (χ0v) is 35.5. The van der Waals surface area contributed by atoms with Crippen LogP contribution in [0.15, 0.2) is 107 Å². The number of aliphatic carboxylic acids is 1. The lowest BCUT2D eigenvalue weighted by atomic mass is 9.95. The van der Waals surface area contributed by atoms with Crippen LogP contribution >= 0.6 is 11.3 Å². The van der Waals surface area contributed by atoms with E-state index in [1.54, 1.807) is 60.8 Å². The van der Waals surface area contributed by atoms with E-state index < -0.39 is 42.3 Å². The van der Waals surface area contributed by atoms with Crippen molar-refractivity contribution in [3.05, 3.63) is 129 Å². The molecule has 0 fully saturated rings. The average Bonchev–Trinajstić information content (AvgIpc) is 3.74. The van der Waals surface area contributed by atoms with E-state index in [-0.39, 0.29) is 18.4 Å². The van der Waals surface area contributed by atoms with Gasteiger partial charge in [0.15, 0.2) is 5.84 Å². The second kappa shape index (κ2) is 22.9. The Morgan fingerprint density at radius 1 is 0.831 bits per heavy atom. The average molecular weight is 821 g/mol. The largest absolute Gasteiger partial charge is 0.494 e. The highest BCUT2D eigenvalue weighted by molar-refractivity contribution is 7.14.